The molecule has 2 aliphatic rings. The summed E-state index contributed by atoms with van der Waals surface area (Å²) in [5.41, 5.74) is 0.975. The maximum absolute atomic E-state index is 5.59. The molecule has 1 saturated heterocycles. The van der Waals surface area contributed by atoms with Gasteiger partial charge in [0.25, 0.3) is 0 Å². The molecule has 100 valence electrons. The summed E-state index contributed by atoms with van der Waals surface area (Å²) in [6.45, 7) is 16.2. The van der Waals surface area contributed by atoms with Crippen LogP contribution in [0.25, 0.3) is 0 Å². The van der Waals surface area contributed by atoms with Crippen LogP contribution in [0.1, 0.15) is 41.0 Å². The van der Waals surface area contributed by atoms with E-state index in [1.165, 1.54) is 13.0 Å². The molecule has 1 N–H and O–H groups in total. The fourth-order valence-electron chi connectivity index (χ4n) is 3.94. The minimum Gasteiger partial charge on any atom is -0.381 e. The van der Waals surface area contributed by atoms with E-state index in [1.807, 2.05) is 0 Å². The van der Waals surface area contributed by atoms with Crippen molar-refractivity contribution in [3.8, 4) is 0 Å². The van der Waals surface area contributed by atoms with Gasteiger partial charge in [-0.25, -0.2) is 0 Å². The van der Waals surface area contributed by atoms with Gasteiger partial charge in [0.2, 0.25) is 0 Å². The molecule has 3 atom stereocenters. The van der Waals surface area contributed by atoms with Crippen molar-refractivity contribution in [1.29, 1.82) is 0 Å². The molecule has 0 aromatic rings. The lowest BCUT2D eigenvalue weighted by Gasteiger charge is -2.21. The molecule has 17 heavy (non-hydrogen) atoms. The molecule has 0 aromatic heterocycles. The zero-order valence-corrected chi connectivity index (χ0v) is 12.2. The van der Waals surface area contributed by atoms with Crippen LogP contribution in [-0.4, -0.2) is 26.3 Å². The number of hydrogen-bond donors (Lipinski definition) is 1. The molecule has 2 nitrogen and oxygen atoms in total. The van der Waals surface area contributed by atoms with Gasteiger partial charge in [0, 0.05) is 6.61 Å². The fraction of sp³-hybridized carbons (Fsp3) is 1.00. The molecule has 1 aliphatic carbocycles. The van der Waals surface area contributed by atoms with Crippen molar-refractivity contribution in [3.05, 3.63) is 0 Å². The highest BCUT2D eigenvalue weighted by Crippen LogP contribution is 2.72. The van der Waals surface area contributed by atoms with Gasteiger partial charge in [-0.1, -0.05) is 34.6 Å². The van der Waals surface area contributed by atoms with E-state index >= 15 is 0 Å². The third kappa shape index (κ3) is 2.15. The lowest BCUT2D eigenvalue weighted by atomic mass is 9.83. The van der Waals surface area contributed by atoms with Gasteiger partial charge >= 0.3 is 0 Å². The summed E-state index contributed by atoms with van der Waals surface area (Å²) in [6, 6.07) is 0. The fourth-order valence-corrected chi connectivity index (χ4v) is 3.94. The van der Waals surface area contributed by atoms with E-state index in [4.69, 9.17) is 4.74 Å². The molecule has 0 aromatic carbocycles. The second kappa shape index (κ2) is 4.55. The van der Waals surface area contributed by atoms with Gasteiger partial charge in [-0.3, -0.25) is 0 Å². The Hall–Kier alpha value is -0.0800. The molecule has 3 unspecified atom stereocenters. The van der Waals surface area contributed by atoms with E-state index in [2.05, 4.69) is 39.9 Å². The highest BCUT2D eigenvalue weighted by molar-refractivity contribution is 5.18. The van der Waals surface area contributed by atoms with Gasteiger partial charge in [-0.2, -0.15) is 0 Å². The summed E-state index contributed by atoms with van der Waals surface area (Å²) >= 11 is 0. The topological polar surface area (TPSA) is 21.3 Å². The van der Waals surface area contributed by atoms with Crippen LogP contribution in [0, 0.1) is 28.6 Å². The molecule has 1 saturated carbocycles. The zero-order valence-electron chi connectivity index (χ0n) is 12.2. The van der Waals surface area contributed by atoms with Gasteiger partial charge in [-0.15, -0.1) is 0 Å². The SMILES string of the molecule is CC(C)CNCC1C(C)(C)C1(C)C1CCOC1. The lowest BCUT2D eigenvalue weighted by molar-refractivity contribution is 0.158. The first-order chi connectivity index (χ1) is 7.90. The Kier molecular flexibility index (Phi) is 3.57. The molecule has 1 heterocycles. The molecule has 0 amide bonds. The summed E-state index contributed by atoms with van der Waals surface area (Å²) < 4.78 is 5.59. The van der Waals surface area contributed by atoms with Crippen molar-refractivity contribution in [1.82, 2.24) is 5.32 Å². The first-order valence-corrected chi connectivity index (χ1v) is 7.19. The van der Waals surface area contributed by atoms with Gasteiger partial charge < -0.3 is 10.1 Å². The smallest absolute Gasteiger partial charge is 0.0500 e. The monoisotopic (exact) mass is 239 g/mol. The Morgan fingerprint density at radius 1 is 1.29 bits per heavy atom. The maximum Gasteiger partial charge on any atom is 0.0500 e. The Balaban J connectivity index is 1.90. The predicted octanol–water partition coefficient (Wildman–Crippen LogP) is 2.93. The number of ether oxygens (including phenoxy) is 1. The molecule has 2 rings (SSSR count). The van der Waals surface area contributed by atoms with Gasteiger partial charge in [0.1, 0.15) is 0 Å². The first kappa shape index (κ1) is 13.4. The molecule has 2 fully saturated rings. The van der Waals surface area contributed by atoms with Gasteiger partial charge in [0.15, 0.2) is 0 Å². The van der Waals surface area contributed by atoms with Crippen molar-refractivity contribution < 1.29 is 4.74 Å². The van der Waals surface area contributed by atoms with Crippen molar-refractivity contribution in [3.63, 3.8) is 0 Å². The molecule has 1 aliphatic heterocycles. The molecule has 0 radical (unpaired) electrons. The maximum atomic E-state index is 5.59. The van der Waals surface area contributed by atoms with Crippen LogP contribution in [0.3, 0.4) is 0 Å². The average Bonchev–Trinajstić information content (AvgIpc) is 2.66. The summed E-state index contributed by atoms with van der Waals surface area (Å²) in [6.07, 6.45) is 1.26. The third-order valence-electron chi connectivity index (χ3n) is 5.58. The van der Waals surface area contributed by atoms with Crippen LogP contribution < -0.4 is 5.32 Å². The van der Waals surface area contributed by atoms with E-state index in [9.17, 15) is 0 Å². The second-order valence-corrected chi connectivity index (χ2v) is 7.17. The summed E-state index contributed by atoms with van der Waals surface area (Å²) in [7, 11) is 0. The largest absolute Gasteiger partial charge is 0.381 e. The lowest BCUT2D eigenvalue weighted by Crippen LogP contribution is -2.25. The van der Waals surface area contributed by atoms with Gasteiger partial charge in [0.05, 0.1) is 6.61 Å². The summed E-state index contributed by atoms with van der Waals surface area (Å²) in [4.78, 5) is 0. The van der Waals surface area contributed by atoms with E-state index in [1.54, 1.807) is 0 Å². The van der Waals surface area contributed by atoms with Crippen LogP contribution >= 0.6 is 0 Å². The summed E-state index contributed by atoms with van der Waals surface area (Å²) in [5, 5.41) is 3.64. The highest BCUT2D eigenvalue weighted by atomic mass is 16.5. The minimum absolute atomic E-state index is 0.481. The van der Waals surface area contributed by atoms with E-state index in [0.717, 1.165) is 37.5 Å². The van der Waals surface area contributed by atoms with E-state index in [0.29, 0.717) is 10.8 Å². The molecular formula is C15H29NO. The van der Waals surface area contributed by atoms with Crippen molar-refractivity contribution in [2.45, 2.75) is 41.0 Å². The quantitative estimate of drug-likeness (QED) is 0.796. The van der Waals surface area contributed by atoms with E-state index < -0.39 is 0 Å². The summed E-state index contributed by atoms with van der Waals surface area (Å²) in [5.74, 6) is 2.35. The van der Waals surface area contributed by atoms with Crippen LogP contribution in [0.4, 0.5) is 0 Å². The Morgan fingerprint density at radius 2 is 2.00 bits per heavy atom. The predicted molar refractivity (Wildman–Crippen MR) is 72.0 cm³/mol. The van der Waals surface area contributed by atoms with Crippen molar-refractivity contribution >= 4 is 0 Å². The normalized spacial score (nSPS) is 39.9. The number of hydrogen-bond acceptors (Lipinski definition) is 2. The van der Waals surface area contributed by atoms with Gasteiger partial charge in [-0.05, 0) is 48.1 Å². The highest BCUT2D eigenvalue weighted by Gasteiger charge is 2.70. The van der Waals surface area contributed by atoms with Crippen LogP contribution in [0.15, 0.2) is 0 Å². The van der Waals surface area contributed by atoms with Crippen LogP contribution in [0.2, 0.25) is 0 Å². The minimum atomic E-state index is 0.481. The van der Waals surface area contributed by atoms with Crippen molar-refractivity contribution in [2.75, 3.05) is 26.3 Å². The molecule has 0 spiro atoms. The van der Waals surface area contributed by atoms with Crippen LogP contribution in [-0.2, 0) is 4.74 Å². The van der Waals surface area contributed by atoms with Crippen molar-refractivity contribution in [2.24, 2.45) is 28.6 Å². The Labute approximate surface area is 107 Å². The third-order valence-corrected chi connectivity index (χ3v) is 5.58. The average molecular weight is 239 g/mol. The standard InChI is InChI=1S/C15H29NO/c1-11(2)8-16-9-13-14(3,4)15(13,5)12-6-7-17-10-12/h11-13,16H,6-10H2,1-5H3. The Bertz CT molecular complexity index is 268. The molecule has 0 bridgehead atoms. The van der Waals surface area contributed by atoms with Crippen LogP contribution in [0.5, 0.6) is 0 Å². The number of rotatable bonds is 5. The Morgan fingerprint density at radius 3 is 2.53 bits per heavy atom. The zero-order chi connectivity index (χ0) is 12.7. The molecule has 2 heteroatoms. The molecular weight excluding hydrogens is 210 g/mol. The second-order valence-electron chi connectivity index (χ2n) is 7.17. The number of nitrogens with one attached hydrogen (secondary N) is 1. The van der Waals surface area contributed by atoms with E-state index in [-0.39, 0.29) is 0 Å². The first-order valence-electron chi connectivity index (χ1n) is 7.19.